The van der Waals surface area contributed by atoms with Gasteiger partial charge in [-0.15, -0.1) is 0 Å². The fourth-order valence-corrected chi connectivity index (χ4v) is 3.90. The molecular weight excluding hydrogens is 384 g/mol. The number of ether oxygens (including phenoxy) is 1. The summed E-state index contributed by atoms with van der Waals surface area (Å²) >= 11 is 6.12. The number of fused-ring (bicyclic) bond motifs is 1. The predicted octanol–water partition coefficient (Wildman–Crippen LogP) is 4.57. The molecule has 152 valence electrons. The van der Waals surface area contributed by atoms with Gasteiger partial charge in [-0.1, -0.05) is 29.8 Å². The topological polar surface area (TPSA) is 41.5 Å². The molecule has 0 N–H and O–H groups in total. The number of hydrogen-bond donors (Lipinski definition) is 0. The first-order valence-electron chi connectivity index (χ1n) is 10.3. The van der Waals surface area contributed by atoms with Gasteiger partial charge in [0.2, 0.25) is 5.88 Å². The number of rotatable bonds is 7. The van der Waals surface area contributed by atoms with E-state index in [9.17, 15) is 0 Å². The van der Waals surface area contributed by atoms with Crippen LogP contribution in [-0.2, 0) is 0 Å². The van der Waals surface area contributed by atoms with Crippen molar-refractivity contribution >= 4 is 28.3 Å². The lowest BCUT2D eigenvalue weighted by Crippen LogP contribution is -2.46. The number of aromatic nitrogens is 2. The van der Waals surface area contributed by atoms with E-state index in [-0.39, 0.29) is 0 Å². The van der Waals surface area contributed by atoms with Gasteiger partial charge in [-0.05, 0) is 56.6 Å². The number of para-hydroxylation sites is 2. The summed E-state index contributed by atoms with van der Waals surface area (Å²) in [5.41, 5.74) is 3.86. The highest BCUT2D eigenvalue weighted by molar-refractivity contribution is 6.30. The van der Waals surface area contributed by atoms with E-state index in [2.05, 4.69) is 25.8 Å². The third kappa shape index (κ3) is 5.17. The first-order chi connectivity index (χ1) is 14.2. The minimum atomic E-state index is 0.652. The van der Waals surface area contributed by atoms with Crippen LogP contribution in [0.5, 0.6) is 5.88 Å². The molecule has 0 radical (unpaired) electrons. The summed E-state index contributed by atoms with van der Waals surface area (Å²) in [7, 11) is 0. The largest absolute Gasteiger partial charge is 0.476 e. The SMILES string of the molecule is Cc1nc2ccccc2nc1OCCCCN1CCN(c2cccc(Cl)c2)CC1. The summed E-state index contributed by atoms with van der Waals surface area (Å²) in [5.74, 6) is 0.652. The molecule has 1 fully saturated rings. The minimum Gasteiger partial charge on any atom is -0.476 e. The van der Waals surface area contributed by atoms with Gasteiger partial charge in [0.15, 0.2) is 0 Å². The highest BCUT2D eigenvalue weighted by Gasteiger charge is 2.17. The van der Waals surface area contributed by atoms with Gasteiger partial charge in [-0.25, -0.2) is 9.97 Å². The summed E-state index contributed by atoms with van der Waals surface area (Å²) in [4.78, 5) is 14.1. The molecule has 1 aliphatic rings. The summed E-state index contributed by atoms with van der Waals surface area (Å²) in [6, 6.07) is 16.0. The Kier molecular flexibility index (Phi) is 6.47. The maximum absolute atomic E-state index is 6.12. The van der Waals surface area contributed by atoms with Crippen LogP contribution in [0.2, 0.25) is 5.02 Å². The summed E-state index contributed by atoms with van der Waals surface area (Å²) in [5, 5.41) is 0.802. The van der Waals surface area contributed by atoms with E-state index in [1.807, 2.05) is 49.4 Å². The molecule has 5 nitrogen and oxygen atoms in total. The van der Waals surface area contributed by atoms with Crippen molar-refractivity contribution in [1.82, 2.24) is 14.9 Å². The van der Waals surface area contributed by atoms with Gasteiger partial charge < -0.3 is 9.64 Å². The number of hydrogen-bond acceptors (Lipinski definition) is 5. The molecule has 1 aliphatic heterocycles. The molecule has 0 amide bonds. The van der Waals surface area contributed by atoms with Crippen LogP contribution in [0.3, 0.4) is 0 Å². The molecule has 0 bridgehead atoms. The van der Waals surface area contributed by atoms with Gasteiger partial charge in [0.1, 0.15) is 5.69 Å². The number of piperazine rings is 1. The van der Waals surface area contributed by atoms with Crippen molar-refractivity contribution in [3.8, 4) is 5.88 Å². The normalized spacial score (nSPS) is 15.0. The Morgan fingerprint density at radius 2 is 1.69 bits per heavy atom. The van der Waals surface area contributed by atoms with E-state index in [0.29, 0.717) is 12.5 Å². The molecule has 0 unspecified atom stereocenters. The second-order valence-electron chi connectivity index (χ2n) is 7.47. The molecule has 0 spiro atoms. The molecule has 1 aromatic heterocycles. The number of nitrogens with zero attached hydrogens (tertiary/aromatic N) is 4. The zero-order chi connectivity index (χ0) is 20.1. The van der Waals surface area contributed by atoms with Crippen molar-refractivity contribution in [2.24, 2.45) is 0 Å². The molecule has 2 aromatic carbocycles. The monoisotopic (exact) mass is 410 g/mol. The number of unbranched alkanes of at least 4 members (excludes halogenated alkanes) is 1. The van der Waals surface area contributed by atoms with Crippen LogP contribution in [0.15, 0.2) is 48.5 Å². The Labute approximate surface area is 177 Å². The zero-order valence-electron chi connectivity index (χ0n) is 16.9. The smallest absolute Gasteiger partial charge is 0.235 e. The average Bonchev–Trinajstić information content (AvgIpc) is 2.74. The van der Waals surface area contributed by atoms with E-state index < -0.39 is 0 Å². The third-order valence-corrected chi connectivity index (χ3v) is 5.59. The summed E-state index contributed by atoms with van der Waals surface area (Å²) in [6.45, 7) is 8.00. The quantitative estimate of drug-likeness (QED) is 0.533. The molecule has 3 aromatic rings. The Hall–Kier alpha value is -2.37. The molecule has 6 heteroatoms. The van der Waals surface area contributed by atoms with Crippen molar-refractivity contribution in [3.63, 3.8) is 0 Å². The van der Waals surface area contributed by atoms with E-state index in [0.717, 1.165) is 67.3 Å². The lowest BCUT2D eigenvalue weighted by atomic mass is 10.2. The fraction of sp³-hybridized carbons (Fsp3) is 0.391. The molecule has 0 saturated carbocycles. The summed E-state index contributed by atoms with van der Waals surface area (Å²) in [6.07, 6.45) is 2.14. The van der Waals surface area contributed by atoms with Crippen molar-refractivity contribution in [2.75, 3.05) is 44.2 Å². The minimum absolute atomic E-state index is 0.652. The van der Waals surface area contributed by atoms with Crippen molar-refractivity contribution in [3.05, 3.63) is 59.2 Å². The number of benzene rings is 2. The van der Waals surface area contributed by atoms with E-state index >= 15 is 0 Å². The number of halogens is 1. The third-order valence-electron chi connectivity index (χ3n) is 5.35. The highest BCUT2D eigenvalue weighted by atomic mass is 35.5. The van der Waals surface area contributed by atoms with Crippen LogP contribution in [-0.4, -0.2) is 54.2 Å². The second kappa shape index (κ2) is 9.42. The molecule has 4 rings (SSSR count). The first-order valence-corrected chi connectivity index (χ1v) is 10.7. The average molecular weight is 411 g/mol. The molecular formula is C23H27ClN4O. The fourth-order valence-electron chi connectivity index (χ4n) is 3.72. The lowest BCUT2D eigenvalue weighted by molar-refractivity contribution is 0.236. The van der Waals surface area contributed by atoms with E-state index in [4.69, 9.17) is 16.3 Å². The van der Waals surface area contributed by atoms with Gasteiger partial charge in [-0.2, -0.15) is 0 Å². The zero-order valence-corrected chi connectivity index (χ0v) is 17.6. The van der Waals surface area contributed by atoms with Crippen LogP contribution in [0.4, 0.5) is 5.69 Å². The van der Waals surface area contributed by atoms with Crippen LogP contribution in [0.1, 0.15) is 18.5 Å². The molecule has 0 aliphatic carbocycles. The lowest BCUT2D eigenvalue weighted by Gasteiger charge is -2.36. The van der Waals surface area contributed by atoms with Crippen molar-refractivity contribution < 1.29 is 4.74 Å². The Morgan fingerprint density at radius 3 is 2.45 bits per heavy atom. The molecule has 0 atom stereocenters. The highest BCUT2D eigenvalue weighted by Crippen LogP contribution is 2.21. The van der Waals surface area contributed by atoms with Gasteiger partial charge in [-0.3, -0.25) is 4.90 Å². The summed E-state index contributed by atoms with van der Waals surface area (Å²) < 4.78 is 5.91. The number of anilines is 1. The van der Waals surface area contributed by atoms with Crippen LogP contribution in [0, 0.1) is 6.92 Å². The Bertz CT molecular complexity index is 957. The van der Waals surface area contributed by atoms with E-state index in [1.165, 1.54) is 5.69 Å². The maximum atomic E-state index is 6.12. The molecule has 29 heavy (non-hydrogen) atoms. The molecule has 1 saturated heterocycles. The first kappa shape index (κ1) is 19.9. The van der Waals surface area contributed by atoms with Crippen LogP contribution >= 0.6 is 11.6 Å². The second-order valence-corrected chi connectivity index (χ2v) is 7.90. The number of aryl methyl sites for hydroxylation is 1. The van der Waals surface area contributed by atoms with Gasteiger partial charge in [0.05, 0.1) is 17.6 Å². The van der Waals surface area contributed by atoms with Gasteiger partial charge in [0, 0.05) is 36.9 Å². The van der Waals surface area contributed by atoms with Crippen molar-refractivity contribution in [1.29, 1.82) is 0 Å². The van der Waals surface area contributed by atoms with E-state index in [1.54, 1.807) is 0 Å². The Balaban J connectivity index is 1.18. The predicted molar refractivity (Wildman–Crippen MR) is 119 cm³/mol. The van der Waals surface area contributed by atoms with Gasteiger partial charge in [0.25, 0.3) is 0 Å². The standard InChI is InChI=1S/C23H27ClN4O/c1-18-23(26-22-10-3-2-9-21(22)25-18)29-16-5-4-11-27-12-14-28(15-13-27)20-8-6-7-19(24)17-20/h2-3,6-10,17H,4-5,11-16H2,1H3. The molecule has 2 heterocycles. The van der Waals surface area contributed by atoms with Crippen LogP contribution in [0.25, 0.3) is 11.0 Å². The Morgan fingerprint density at radius 1 is 0.931 bits per heavy atom. The maximum Gasteiger partial charge on any atom is 0.235 e. The van der Waals surface area contributed by atoms with Crippen molar-refractivity contribution in [2.45, 2.75) is 19.8 Å². The van der Waals surface area contributed by atoms with Gasteiger partial charge >= 0.3 is 0 Å². The van der Waals surface area contributed by atoms with Crippen LogP contribution < -0.4 is 9.64 Å².